The Kier molecular flexibility index (Phi) is 8.16. The van der Waals surface area contributed by atoms with Crippen LogP contribution in [-0.4, -0.2) is 13.7 Å². The Bertz CT molecular complexity index is 394. The van der Waals surface area contributed by atoms with Crippen molar-refractivity contribution in [2.24, 2.45) is 5.92 Å². The molecule has 4 heteroatoms. The first-order chi connectivity index (χ1) is 9.62. The van der Waals surface area contributed by atoms with Crippen LogP contribution in [0.3, 0.4) is 0 Å². The second-order valence-corrected chi connectivity index (χ2v) is 6.03. The minimum atomic E-state index is -0.615. The summed E-state index contributed by atoms with van der Waals surface area (Å²) >= 11 is 12.0. The fourth-order valence-electron chi connectivity index (χ4n) is 2.06. The molecule has 0 aliphatic heterocycles. The van der Waals surface area contributed by atoms with E-state index in [1.165, 1.54) is 19.3 Å². The van der Waals surface area contributed by atoms with Crippen LogP contribution < -0.4 is 9.47 Å². The molecule has 0 fully saturated rings. The van der Waals surface area contributed by atoms with E-state index in [1.807, 2.05) is 18.2 Å². The van der Waals surface area contributed by atoms with E-state index in [0.29, 0.717) is 12.5 Å². The molecule has 114 valence electrons. The van der Waals surface area contributed by atoms with Crippen molar-refractivity contribution in [1.29, 1.82) is 0 Å². The molecule has 20 heavy (non-hydrogen) atoms. The van der Waals surface area contributed by atoms with Crippen LogP contribution in [0.15, 0.2) is 18.2 Å². The molecular formula is C16H24Cl2O2. The Morgan fingerprint density at radius 1 is 1.20 bits per heavy atom. The monoisotopic (exact) mass is 318 g/mol. The molecular weight excluding hydrogens is 295 g/mol. The van der Waals surface area contributed by atoms with Crippen molar-refractivity contribution >= 4 is 23.2 Å². The van der Waals surface area contributed by atoms with Gasteiger partial charge in [-0.25, -0.2) is 0 Å². The van der Waals surface area contributed by atoms with Gasteiger partial charge in [0, 0.05) is 5.56 Å². The van der Waals surface area contributed by atoms with E-state index >= 15 is 0 Å². The van der Waals surface area contributed by atoms with Gasteiger partial charge < -0.3 is 9.47 Å². The van der Waals surface area contributed by atoms with Gasteiger partial charge in [0.25, 0.3) is 0 Å². The van der Waals surface area contributed by atoms with Crippen LogP contribution in [0.2, 0.25) is 0 Å². The van der Waals surface area contributed by atoms with Crippen molar-refractivity contribution in [3.63, 3.8) is 0 Å². The molecule has 1 rings (SSSR count). The Morgan fingerprint density at radius 3 is 2.50 bits per heavy atom. The van der Waals surface area contributed by atoms with Crippen LogP contribution in [0, 0.1) is 5.92 Å². The van der Waals surface area contributed by atoms with Gasteiger partial charge in [-0.15, -0.1) is 0 Å². The lowest BCUT2D eigenvalue weighted by Gasteiger charge is -2.18. The molecule has 1 atom stereocenters. The molecule has 0 saturated heterocycles. The van der Waals surface area contributed by atoms with Crippen molar-refractivity contribution < 1.29 is 9.47 Å². The third-order valence-corrected chi connectivity index (χ3v) is 3.94. The van der Waals surface area contributed by atoms with Gasteiger partial charge in [0.2, 0.25) is 0 Å². The zero-order chi connectivity index (χ0) is 15.0. The molecule has 1 aromatic carbocycles. The van der Waals surface area contributed by atoms with Gasteiger partial charge in [0.1, 0.15) is 16.3 Å². The van der Waals surface area contributed by atoms with Crippen LogP contribution in [0.1, 0.15) is 49.9 Å². The van der Waals surface area contributed by atoms with Crippen molar-refractivity contribution in [1.82, 2.24) is 0 Å². The fraction of sp³-hybridized carbons (Fsp3) is 0.625. The van der Waals surface area contributed by atoms with Crippen LogP contribution in [0.4, 0.5) is 0 Å². The van der Waals surface area contributed by atoms with Crippen molar-refractivity contribution in [3.05, 3.63) is 23.8 Å². The van der Waals surface area contributed by atoms with Crippen molar-refractivity contribution in [2.45, 2.75) is 44.4 Å². The lowest BCUT2D eigenvalue weighted by atomic mass is 10.0. The maximum atomic E-state index is 6.00. The standard InChI is InChI=1S/C16H24Cl2O2/c1-4-6-7-12(5-2)11-20-15-9-8-13(19-3)10-14(15)16(17)18/h8-10,12,16H,4-7,11H2,1-3H3. The molecule has 0 amide bonds. The van der Waals surface area contributed by atoms with Crippen molar-refractivity contribution in [2.75, 3.05) is 13.7 Å². The van der Waals surface area contributed by atoms with Crippen molar-refractivity contribution in [3.8, 4) is 11.5 Å². The maximum absolute atomic E-state index is 6.00. The minimum Gasteiger partial charge on any atom is -0.497 e. The molecule has 2 nitrogen and oxygen atoms in total. The van der Waals surface area contributed by atoms with Crippen LogP contribution in [0.25, 0.3) is 0 Å². The quantitative estimate of drug-likeness (QED) is 0.538. The highest BCUT2D eigenvalue weighted by atomic mass is 35.5. The Balaban J connectivity index is 2.70. The third-order valence-electron chi connectivity index (χ3n) is 3.47. The second kappa shape index (κ2) is 9.36. The first-order valence-electron chi connectivity index (χ1n) is 7.21. The third kappa shape index (κ3) is 5.41. The van der Waals surface area contributed by atoms with E-state index in [9.17, 15) is 0 Å². The van der Waals surface area contributed by atoms with E-state index < -0.39 is 4.84 Å². The molecule has 0 bridgehead atoms. The molecule has 0 N–H and O–H groups in total. The Labute approximate surface area is 132 Å². The summed E-state index contributed by atoms with van der Waals surface area (Å²) < 4.78 is 11.1. The van der Waals surface area contributed by atoms with E-state index in [1.54, 1.807) is 7.11 Å². The van der Waals surface area contributed by atoms with E-state index in [0.717, 1.165) is 23.5 Å². The topological polar surface area (TPSA) is 18.5 Å². The zero-order valence-corrected chi connectivity index (χ0v) is 14.0. The summed E-state index contributed by atoms with van der Waals surface area (Å²) in [4.78, 5) is -0.615. The molecule has 0 spiro atoms. The summed E-state index contributed by atoms with van der Waals surface area (Å²) in [5.41, 5.74) is 0.762. The first-order valence-corrected chi connectivity index (χ1v) is 8.08. The average Bonchev–Trinajstić information content (AvgIpc) is 2.47. The molecule has 0 radical (unpaired) electrons. The zero-order valence-electron chi connectivity index (χ0n) is 12.5. The van der Waals surface area contributed by atoms with E-state index in [-0.39, 0.29) is 0 Å². The number of alkyl halides is 2. The molecule has 0 aliphatic rings. The predicted molar refractivity (Wildman–Crippen MR) is 86.2 cm³/mol. The lowest BCUT2D eigenvalue weighted by Crippen LogP contribution is -2.12. The van der Waals surface area contributed by atoms with Gasteiger partial charge in [0.05, 0.1) is 13.7 Å². The largest absolute Gasteiger partial charge is 0.497 e. The summed E-state index contributed by atoms with van der Waals surface area (Å²) in [7, 11) is 1.62. The van der Waals surface area contributed by atoms with Gasteiger partial charge in [-0.1, -0.05) is 56.3 Å². The average molecular weight is 319 g/mol. The normalized spacial score (nSPS) is 12.5. The molecule has 0 heterocycles. The lowest BCUT2D eigenvalue weighted by molar-refractivity contribution is 0.231. The number of unbranched alkanes of at least 4 members (excludes halogenated alkanes) is 1. The highest BCUT2D eigenvalue weighted by molar-refractivity contribution is 6.44. The van der Waals surface area contributed by atoms with E-state index in [2.05, 4.69) is 13.8 Å². The van der Waals surface area contributed by atoms with E-state index in [4.69, 9.17) is 32.7 Å². The highest BCUT2D eigenvalue weighted by Crippen LogP contribution is 2.35. The summed E-state index contributed by atoms with van der Waals surface area (Å²) in [5, 5.41) is 0. The van der Waals surface area contributed by atoms with Gasteiger partial charge in [-0.3, -0.25) is 0 Å². The number of methoxy groups -OCH3 is 1. The minimum absolute atomic E-state index is 0.578. The smallest absolute Gasteiger partial charge is 0.136 e. The number of halogens is 2. The summed E-state index contributed by atoms with van der Waals surface area (Å²) in [5.74, 6) is 2.06. The SMILES string of the molecule is CCCCC(CC)COc1ccc(OC)cc1C(Cl)Cl. The molecule has 1 unspecified atom stereocenters. The van der Waals surface area contributed by atoms with Crippen LogP contribution in [-0.2, 0) is 0 Å². The molecule has 0 aliphatic carbocycles. The van der Waals surface area contributed by atoms with Crippen LogP contribution in [0.5, 0.6) is 11.5 Å². The first kappa shape index (κ1) is 17.5. The predicted octanol–water partition coefficient (Wildman–Crippen LogP) is 5.77. The van der Waals surface area contributed by atoms with Gasteiger partial charge >= 0.3 is 0 Å². The maximum Gasteiger partial charge on any atom is 0.136 e. The van der Waals surface area contributed by atoms with Crippen LogP contribution >= 0.6 is 23.2 Å². The van der Waals surface area contributed by atoms with Gasteiger partial charge in [0.15, 0.2) is 0 Å². The number of benzene rings is 1. The van der Waals surface area contributed by atoms with Gasteiger partial charge in [-0.05, 0) is 30.5 Å². The summed E-state index contributed by atoms with van der Waals surface area (Å²) in [6.07, 6.45) is 4.78. The number of hydrogen-bond acceptors (Lipinski definition) is 2. The second-order valence-electron chi connectivity index (χ2n) is 4.93. The Morgan fingerprint density at radius 2 is 1.95 bits per heavy atom. The van der Waals surface area contributed by atoms with Gasteiger partial charge in [-0.2, -0.15) is 0 Å². The number of hydrogen-bond donors (Lipinski definition) is 0. The fourth-order valence-corrected chi connectivity index (χ4v) is 2.40. The number of ether oxygens (including phenoxy) is 2. The summed E-state index contributed by atoms with van der Waals surface area (Å²) in [6.45, 7) is 5.11. The summed E-state index contributed by atoms with van der Waals surface area (Å²) in [6, 6.07) is 5.56. The Hall–Kier alpha value is -0.600. The molecule has 0 aromatic heterocycles. The highest BCUT2D eigenvalue weighted by Gasteiger charge is 2.14. The number of rotatable bonds is 9. The molecule has 0 saturated carbocycles. The molecule has 1 aromatic rings.